The van der Waals surface area contributed by atoms with Crippen LogP contribution in [0, 0.1) is 0 Å². The molecule has 0 bridgehead atoms. The Hall–Kier alpha value is -3.30. The minimum absolute atomic E-state index is 0.141. The minimum Gasteiger partial charge on any atom is -0.493 e. The Bertz CT molecular complexity index is 1230. The van der Waals surface area contributed by atoms with Gasteiger partial charge in [0.25, 0.3) is 0 Å². The molecule has 0 aliphatic heterocycles. The molecule has 1 amide bonds. The molecule has 0 saturated heterocycles. The fourth-order valence-electron chi connectivity index (χ4n) is 2.87. The Balaban J connectivity index is 1.47. The molecule has 0 unspecified atom stereocenters. The monoisotopic (exact) mass is 455 g/mol. The second-order valence-electron chi connectivity index (χ2n) is 6.38. The number of fused-ring (bicyclic) bond motifs is 1. The van der Waals surface area contributed by atoms with Gasteiger partial charge in [-0.15, -0.1) is 10.2 Å². The summed E-state index contributed by atoms with van der Waals surface area (Å²) in [6.07, 6.45) is 0. The maximum absolute atomic E-state index is 12.4. The smallest absolute Gasteiger partial charge is 0.234 e. The highest BCUT2D eigenvalue weighted by Gasteiger charge is 2.13. The van der Waals surface area contributed by atoms with E-state index in [0.717, 1.165) is 11.3 Å². The van der Waals surface area contributed by atoms with Crippen LogP contribution in [0.25, 0.3) is 16.9 Å². The summed E-state index contributed by atoms with van der Waals surface area (Å²) in [6.45, 7) is 0. The third-order valence-corrected chi connectivity index (χ3v) is 5.55. The number of hydrogen-bond donors (Lipinski definition) is 1. The van der Waals surface area contributed by atoms with E-state index in [-0.39, 0.29) is 11.7 Å². The van der Waals surface area contributed by atoms with Crippen LogP contribution in [0.1, 0.15) is 0 Å². The number of anilines is 1. The molecule has 0 saturated carbocycles. The highest BCUT2D eigenvalue weighted by Crippen LogP contribution is 2.30. The Morgan fingerprint density at radius 2 is 1.81 bits per heavy atom. The lowest BCUT2D eigenvalue weighted by Gasteiger charge is -2.10. The molecular formula is C21H18ClN5O3S. The van der Waals surface area contributed by atoms with Crippen LogP contribution in [-0.4, -0.2) is 45.7 Å². The van der Waals surface area contributed by atoms with Crippen molar-refractivity contribution in [1.82, 2.24) is 19.8 Å². The number of methoxy groups -OCH3 is 2. The molecule has 0 atom stereocenters. The van der Waals surface area contributed by atoms with Crippen LogP contribution in [0.3, 0.4) is 0 Å². The molecule has 1 N–H and O–H groups in total. The number of nitrogens with one attached hydrogen (secondary N) is 1. The van der Waals surface area contributed by atoms with E-state index in [1.165, 1.54) is 11.8 Å². The van der Waals surface area contributed by atoms with Gasteiger partial charge in [0.15, 0.2) is 17.1 Å². The zero-order valence-corrected chi connectivity index (χ0v) is 18.3. The number of carbonyl (C=O) groups excluding carboxylic acids is 1. The molecule has 31 heavy (non-hydrogen) atoms. The van der Waals surface area contributed by atoms with Crippen LogP contribution >= 0.6 is 23.4 Å². The molecule has 0 radical (unpaired) electrons. The average molecular weight is 456 g/mol. The van der Waals surface area contributed by atoms with Crippen molar-refractivity contribution in [2.45, 2.75) is 5.16 Å². The summed E-state index contributed by atoms with van der Waals surface area (Å²) < 4.78 is 12.1. The zero-order valence-electron chi connectivity index (χ0n) is 16.7. The van der Waals surface area contributed by atoms with Crippen molar-refractivity contribution in [2.24, 2.45) is 0 Å². The number of aromatic nitrogens is 4. The molecule has 8 nitrogen and oxygen atoms in total. The van der Waals surface area contributed by atoms with Gasteiger partial charge in [-0.25, -0.2) is 0 Å². The lowest BCUT2D eigenvalue weighted by Crippen LogP contribution is -2.14. The van der Waals surface area contributed by atoms with Gasteiger partial charge in [0.1, 0.15) is 0 Å². The number of halogens is 1. The molecule has 0 fully saturated rings. The standard InChI is InChI=1S/C21H18ClN5O3S/c1-29-17-9-7-15(11-18(17)30-2)23-20(28)12-31-21-25-24-19-10-8-16(26-27(19)21)13-3-5-14(22)6-4-13/h3-11H,12H2,1-2H3,(H,23,28). The van der Waals surface area contributed by atoms with Crippen LogP contribution in [-0.2, 0) is 4.79 Å². The molecule has 0 aliphatic rings. The summed E-state index contributed by atoms with van der Waals surface area (Å²) in [6, 6.07) is 16.3. The number of benzene rings is 2. The number of hydrogen-bond acceptors (Lipinski definition) is 7. The van der Waals surface area contributed by atoms with Crippen LogP contribution in [0.15, 0.2) is 59.8 Å². The summed E-state index contributed by atoms with van der Waals surface area (Å²) >= 11 is 7.21. The van der Waals surface area contributed by atoms with Crippen molar-refractivity contribution in [3.8, 4) is 22.8 Å². The van der Waals surface area contributed by atoms with Crippen LogP contribution in [0.5, 0.6) is 11.5 Å². The first-order chi connectivity index (χ1) is 15.1. The first-order valence-electron chi connectivity index (χ1n) is 9.20. The quantitative estimate of drug-likeness (QED) is 0.418. The Morgan fingerprint density at radius 1 is 1.03 bits per heavy atom. The van der Waals surface area contributed by atoms with Gasteiger partial charge in [0.05, 0.1) is 25.7 Å². The van der Waals surface area contributed by atoms with Gasteiger partial charge >= 0.3 is 0 Å². The lowest BCUT2D eigenvalue weighted by molar-refractivity contribution is -0.113. The molecule has 4 rings (SSSR count). The van der Waals surface area contributed by atoms with E-state index in [0.29, 0.717) is 33.0 Å². The summed E-state index contributed by atoms with van der Waals surface area (Å²) in [5.74, 6) is 1.08. The van der Waals surface area contributed by atoms with Crippen molar-refractivity contribution in [1.29, 1.82) is 0 Å². The van der Waals surface area contributed by atoms with Crippen molar-refractivity contribution in [3.63, 3.8) is 0 Å². The molecule has 0 spiro atoms. The molecule has 4 aromatic rings. The lowest BCUT2D eigenvalue weighted by atomic mass is 10.1. The first-order valence-corrected chi connectivity index (χ1v) is 10.6. The van der Waals surface area contributed by atoms with Gasteiger partial charge in [-0.05, 0) is 36.4 Å². The van der Waals surface area contributed by atoms with Gasteiger partial charge in [-0.2, -0.15) is 9.61 Å². The molecule has 0 aliphatic carbocycles. The normalized spacial score (nSPS) is 10.8. The number of thioether (sulfide) groups is 1. The second-order valence-corrected chi connectivity index (χ2v) is 7.76. The topological polar surface area (TPSA) is 90.6 Å². The summed E-state index contributed by atoms with van der Waals surface area (Å²) in [5, 5.41) is 16.9. The van der Waals surface area contributed by atoms with Gasteiger partial charge in [-0.1, -0.05) is 35.5 Å². The van der Waals surface area contributed by atoms with Gasteiger partial charge in [0.2, 0.25) is 11.1 Å². The number of nitrogens with zero attached hydrogens (tertiary/aromatic N) is 4. The molecule has 10 heteroatoms. The van der Waals surface area contributed by atoms with E-state index in [1.54, 1.807) is 36.9 Å². The maximum Gasteiger partial charge on any atom is 0.234 e. The zero-order chi connectivity index (χ0) is 21.8. The van der Waals surface area contributed by atoms with Crippen LogP contribution < -0.4 is 14.8 Å². The number of carbonyl (C=O) groups is 1. The fourth-order valence-corrected chi connectivity index (χ4v) is 3.69. The predicted octanol–water partition coefficient (Wildman–Crippen LogP) is 4.19. The highest BCUT2D eigenvalue weighted by molar-refractivity contribution is 7.99. The summed E-state index contributed by atoms with van der Waals surface area (Å²) in [4.78, 5) is 12.4. The Kier molecular flexibility index (Phi) is 6.24. The SMILES string of the molecule is COc1ccc(NC(=O)CSc2nnc3ccc(-c4ccc(Cl)cc4)nn23)cc1OC. The van der Waals surface area contributed by atoms with Crippen LogP contribution in [0.2, 0.25) is 5.02 Å². The van der Waals surface area contributed by atoms with E-state index in [4.69, 9.17) is 21.1 Å². The third kappa shape index (κ3) is 4.73. The fraction of sp³-hybridized carbons (Fsp3) is 0.143. The van der Waals surface area contributed by atoms with Gasteiger partial charge in [0, 0.05) is 22.3 Å². The third-order valence-electron chi connectivity index (χ3n) is 4.37. The minimum atomic E-state index is -0.192. The van der Waals surface area contributed by atoms with Crippen LogP contribution in [0.4, 0.5) is 5.69 Å². The van der Waals surface area contributed by atoms with E-state index >= 15 is 0 Å². The number of amides is 1. The van der Waals surface area contributed by atoms with E-state index in [1.807, 2.05) is 36.4 Å². The second kappa shape index (κ2) is 9.23. The molecule has 2 heterocycles. The maximum atomic E-state index is 12.4. The molecular weight excluding hydrogens is 438 g/mol. The summed E-state index contributed by atoms with van der Waals surface area (Å²) in [5.41, 5.74) is 2.88. The number of ether oxygens (including phenoxy) is 2. The van der Waals surface area contributed by atoms with Crippen molar-refractivity contribution in [2.75, 3.05) is 25.3 Å². The Labute approximate surface area is 187 Å². The molecule has 158 valence electrons. The largest absolute Gasteiger partial charge is 0.493 e. The van der Waals surface area contributed by atoms with E-state index in [2.05, 4.69) is 20.6 Å². The van der Waals surface area contributed by atoms with E-state index < -0.39 is 0 Å². The van der Waals surface area contributed by atoms with Crippen molar-refractivity contribution < 1.29 is 14.3 Å². The summed E-state index contributed by atoms with van der Waals surface area (Å²) in [7, 11) is 3.10. The van der Waals surface area contributed by atoms with Gasteiger partial charge in [-0.3, -0.25) is 4.79 Å². The highest BCUT2D eigenvalue weighted by atomic mass is 35.5. The van der Waals surface area contributed by atoms with Crippen molar-refractivity contribution >= 4 is 40.6 Å². The van der Waals surface area contributed by atoms with E-state index in [9.17, 15) is 4.79 Å². The number of rotatable bonds is 7. The van der Waals surface area contributed by atoms with Crippen molar-refractivity contribution in [3.05, 3.63) is 59.6 Å². The molecule has 2 aromatic heterocycles. The Morgan fingerprint density at radius 3 is 2.55 bits per heavy atom. The average Bonchev–Trinajstić information content (AvgIpc) is 3.20. The van der Waals surface area contributed by atoms with Gasteiger partial charge < -0.3 is 14.8 Å². The first kappa shape index (κ1) is 21.0. The predicted molar refractivity (Wildman–Crippen MR) is 120 cm³/mol. The molecule has 2 aromatic carbocycles.